The second kappa shape index (κ2) is 5.55. The summed E-state index contributed by atoms with van der Waals surface area (Å²) in [6.45, 7) is 0.0701. The van der Waals surface area contributed by atoms with Gasteiger partial charge in [0, 0.05) is 4.88 Å². The number of hydrogen-bond donors (Lipinski definition) is 2. The molecule has 2 N–H and O–H groups in total. The maximum Gasteiger partial charge on any atom is 0.315 e. The number of ether oxygens (including phenoxy) is 1. The summed E-state index contributed by atoms with van der Waals surface area (Å²) in [6, 6.07) is 9.79. The summed E-state index contributed by atoms with van der Waals surface area (Å²) in [4.78, 5) is 11.9. The molecule has 1 atom stereocenters. The molecule has 0 saturated carbocycles. The van der Waals surface area contributed by atoms with Crippen LogP contribution < -0.4 is 4.74 Å². The number of carboxylic acid groups (broad SMARTS) is 1. The average molecular weight is 264 g/mol. The normalized spacial score (nSPS) is 12.0. The first-order valence-electron chi connectivity index (χ1n) is 5.35. The molecule has 0 amide bonds. The van der Waals surface area contributed by atoms with Gasteiger partial charge in [0.1, 0.15) is 24.0 Å². The molecule has 0 aliphatic carbocycles. The molecule has 1 aromatic carbocycles. The Bertz CT molecular complexity index is 504. The van der Waals surface area contributed by atoms with Gasteiger partial charge in [-0.15, -0.1) is 11.3 Å². The van der Waals surface area contributed by atoms with Crippen molar-refractivity contribution in [1.82, 2.24) is 0 Å². The minimum atomic E-state index is -0.906. The van der Waals surface area contributed by atoms with Crippen molar-refractivity contribution < 1.29 is 19.7 Å². The van der Waals surface area contributed by atoms with Gasteiger partial charge in [-0.05, 0) is 35.7 Å². The van der Waals surface area contributed by atoms with Gasteiger partial charge in [-0.2, -0.15) is 0 Å². The molecule has 5 heteroatoms. The maximum atomic E-state index is 11.2. The van der Waals surface area contributed by atoms with E-state index >= 15 is 0 Å². The molecule has 1 heterocycles. The summed E-state index contributed by atoms with van der Waals surface area (Å²) < 4.78 is 5.42. The molecule has 2 rings (SSSR count). The molecule has 0 saturated heterocycles. The van der Waals surface area contributed by atoms with Crippen molar-refractivity contribution in [3.8, 4) is 11.5 Å². The SMILES string of the molecule is O=C(O)C(COc1ccc(O)cc1)c1cccs1. The van der Waals surface area contributed by atoms with E-state index in [1.807, 2.05) is 11.4 Å². The van der Waals surface area contributed by atoms with Gasteiger partial charge < -0.3 is 14.9 Å². The summed E-state index contributed by atoms with van der Waals surface area (Å²) >= 11 is 1.40. The fourth-order valence-corrected chi connectivity index (χ4v) is 2.29. The molecule has 94 valence electrons. The van der Waals surface area contributed by atoms with Crippen molar-refractivity contribution in [2.45, 2.75) is 5.92 Å². The Morgan fingerprint density at radius 3 is 2.56 bits per heavy atom. The number of rotatable bonds is 5. The summed E-state index contributed by atoms with van der Waals surface area (Å²) in [6.07, 6.45) is 0. The lowest BCUT2D eigenvalue weighted by molar-refractivity contribution is -0.139. The van der Waals surface area contributed by atoms with E-state index < -0.39 is 11.9 Å². The lowest BCUT2D eigenvalue weighted by Gasteiger charge is -2.12. The first-order chi connectivity index (χ1) is 8.66. The Balaban J connectivity index is 2.02. The van der Waals surface area contributed by atoms with Gasteiger partial charge in [-0.1, -0.05) is 6.07 Å². The second-order valence-electron chi connectivity index (χ2n) is 3.71. The summed E-state index contributed by atoms with van der Waals surface area (Å²) in [5.41, 5.74) is 0. The van der Waals surface area contributed by atoms with E-state index in [9.17, 15) is 4.79 Å². The number of benzene rings is 1. The highest BCUT2D eigenvalue weighted by atomic mass is 32.1. The molecule has 0 fully saturated rings. The van der Waals surface area contributed by atoms with E-state index in [0.717, 1.165) is 4.88 Å². The van der Waals surface area contributed by atoms with Crippen LogP contribution in [-0.4, -0.2) is 22.8 Å². The summed E-state index contributed by atoms with van der Waals surface area (Å²) in [5.74, 6) is -0.888. The Labute approximate surface area is 108 Å². The molecule has 1 unspecified atom stereocenters. The standard InChI is InChI=1S/C13H12O4S/c14-9-3-5-10(6-4-9)17-8-11(13(15)16)12-2-1-7-18-12/h1-7,11,14H,8H2,(H,15,16). The van der Waals surface area contributed by atoms with E-state index in [1.165, 1.54) is 23.5 Å². The third kappa shape index (κ3) is 3.01. The van der Waals surface area contributed by atoms with E-state index in [0.29, 0.717) is 5.75 Å². The molecular weight excluding hydrogens is 252 g/mol. The number of carbonyl (C=O) groups is 1. The zero-order valence-corrected chi connectivity index (χ0v) is 10.3. The third-order valence-electron chi connectivity index (χ3n) is 2.44. The fourth-order valence-electron chi connectivity index (χ4n) is 1.49. The molecule has 0 bridgehead atoms. The molecule has 4 nitrogen and oxygen atoms in total. The Hall–Kier alpha value is -2.01. The predicted molar refractivity (Wildman–Crippen MR) is 68.3 cm³/mol. The molecule has 18 heavy (non-hydrogen) atoms. The Morgan fingerprint density at radius 2 is 2.00 bits per heavy atom. The van der Waals surface area contributed by atoms with Crippen molar-refractivity contribution in [3.63, 3.8) is 0 Å². The number of hydrogen-bond acceptors (Lipinski definition) is 4. The van der Waals surface area contributed by atoms with Crippen molar-refractivity contribution in [2.75, 3.05) is 6.61 Å². The number of phenols is 1. The minimum Gasteiger partial charge on any atom is -0.508 e. The van der Waals surface area contributed by atoms with Gasteiger partial charge in [0.2, 0.25) is 0 Å². The summed E-state index contributed by atoms with van der Waals surface area (Å²) in [7, 11) is 0. The van der Waals surface area contributed by atoms with E-state index in [2.05, 4.69) is 0 Å². The average Bonchev–Trinajstić information content (AvgIpc) is 2.85. The van der Waals surface area contributed by atoms with Gasteiger partial charge in [-0.3, -0.25) is 4.79 Å². The summed E-state index contributed by atoms with van der Waals surface area (Å²) in [5, 5.41) is 20.1. The molecular formula is C13H12O4S. The van der Waals surface area contributed by atoms with Crippen LogP contribution in [0.25, 0.3) is 0 Å². The zero-order chi connectivity index (χ0) is 13.0. The smallest absolute Gasteiger partial charge is 0.315 e. The van der Waals surface area contributed by atoms with Gasteiger partial charge in [0.25, 0.3) is 0 Å². The van der Waals surface area contributed by atoms with Crippen LogP contribution in [0.5, 0.6) is 11.5 Å². The Morgan fingerprint density at radius 1 is 1.28 bits per heavy atom. The van der Waals surface area contributed by atoms with Crippen molar-refractivity contribution in [3.05, 3.63) is 46.7 Å². The van der Waals surface area contributed by atoms with Crippen molar-refractivity contribution in [1.29, 1.82) is 0 Å². The predicted octanol–water partition coefficient (Wildman–Crippen LogP) is 2.70. The van der Waals surface area contributed by atoms with E-state index in [-0.39, 0.29) is 12.4 Å². The fraction of sp³-hybridized carbons (Fsp3) is 0.154. The highest BCUT2D eigenvalue weighted by Gasteiger charge is 2.21. The first kappa shape index (κ1) is 12.4. The number of thiophene rings is 1. The topological polar surface area (TPSA) is 66.8 Å². The number of aliphatic carboxylic acids is 1. The molecule has 0 aliphatic rings. The van der Waals surface area contributed by atoms with Gasteiger partial charge in [0.05, 0.1) is 0 Å². The van der Waals surface area contributed by atoms with Gasteiger partial charge >= 0.3 is 5.97 Å². The lowest BCUT2D eigenvalue weighted by atomic mass is 10.1. The molecule has 0 aliphatic heterocycles. The molecule has 0 spiro atoms. The lowest BCUT2D eigenvalue weighted by Crippen LogP contribution is -2.18. The van der Waals surface area contributed by atoms with Crippen molar-refractivity contribution >= 4 is 17.3 Å². The quantitative estimate of drug-likeness (QED) is 0.871. The van der Waals surface area contributed by atoms with Crippen LogP contribution in [0.2, 0.25) is 0 Å². The minimum absolute atomic E-state index is 0.0701. The van der Waals surface area contributed by atoms with Crippen LogP contribution in [-0.2, 0) is 4.79 Å². The van der Waals surface area contributed by atoms with Crippen LogP contribution in [0.3, 0.4) is 0 Å². The van der Waals surface area contributed by atoms with E-state index in [4.69, 9.17) is 14.9 Å². The second-order valence-corrected chi connectivity index (χ2v) is 4.69. The van der Waals surface area contributed by atoms with Gasteiger partial charge in [0.15, 0.2) is 0 Å². The monoisotopic (exact) mass is 264 g/mol. The Kier molecular flexibility index (Phi) is 3.84. The van der Waals surface area contributed by atoms with Crippen molar-refractivity contribution in [2.24, 2.45) is 0 Å². The number of phenolic OH excluding ortho intramolecular Hbond substituents is 1. The highest BCUT2D eigenvalue weighted by Crippen LogP contribution is 2.23. The zero-order valence-electron chi connectivity index (χ0n) is 9.45. The molecule has 1 aromatic heterocycles. The molecule has 0 radical (unpaired) electrons. The van der Waals surface area contributed by atoms with Crippen LogP contribution in [0.15, 0.2) is 41.8 Å². The first-order valence-corrected chi connectivity index (χ1v) is 6.23. The largest absolute Gasteiger partial charge is 0.508 e. The third-order valence-corrected chi connectivity index (χ3v) is 3.42. The molecule has 2 aromatic rings. The highest BCUT2D eigenvalue weighted by molar-refractivity contribution is 7.10. The van der Waals surface area contributed by atoms with Crippen LogP contribution in [0.4, 0.5) is 0 Å². The maximum absolute atomic E-state index is 11.2. The van der Waals surface area contributed by atoms with Crippen LogP contribution >= 0.6 is 11.3 Å². The van der Waals surface area contributed by atoms with E-state index in [1.54, 1.807) is 18.2 Å². The van der Waals surface area contributed by atoms with Gasteiger partial charge in [-0.25, -0.2) is 0 Å². The number of aromatic hydroxyl groups is 1. The van der Waals surface area contributed by atoms with Crippen LogP contribution in [0, 0.1) is 0 Å². The van der Waals surface area contributed by atoms with Crippen LogP contribution in [0.1, 0.15) is 10.8 Å². The number of carboxylic acids is 1.